The number of ether oxygens (including phenoxy) is 2. The van der Waals surface area contributed by atoms with Crippen LogP contribution in [0.1, 0.15) is 22.8 Å². The fraction of sp³-hybridized carbons (Fsp3) is 0.192. The third kappa shape index (κ3) is 4.43. The van der Waals surface area contributed by atoms with E-state index in [2.05, 4.69) is 14.6 Å². The molecule has 2 amide bonds. The number of hydrogen-bond donors (Lipinski definition) is 2. The summed E-state index contributed by atoms with van der Waals surface area (Å²) in [6.07, 6.45) is 0. The number of carbonyl (C=O) groups excluding carboxylic acids is 3. The average molecular weight is 460 g/mol. The van der Waals surface area contributed by atoms with Crippen LogP contribution in [-0.4, -0.2) is 42.1 Å². The second-order valence-electron chi connectivity index (χ2n) is 7.89. The monoisotopic (exact) mass is 459 g/mol. The van der Waals surface area contributed by atoms with Gasteiger partial charge in [-0.1, -0.05) is 42.5 Å². The number of nitrogens with one attached hydrogen (secondary N) is 1. The van der Waals surface area contributed by atoms with E-state index in [0.717, 1.165) is 16.6 Å². The molecular formula is C26H25N3O5. The van der Waals surface area contributed by atoms with Crippen molar-refractivity contribution >= 4 is 39.6 Å². The molecule has 0 saturated carbocycles. The Morgan fingerprint density at radius 1 is 0.941 bits per heavy atom. The maximum atomic E-state index is 12.3. The summed E-state index contributed by atoms with van der Waals surface area (Å²) in [6, 6.07) is 20.1. The molecule has 1 atom stereocenters. The van der Waals surface area contributed by atoms with Gasteiger partial charge in [0.05, 0.1) is 23.5 Å². The van der Waals surface area contributed by atoms with Crippen LogP contribution in [0.2, 0.25) is 0 Å². The Hall–Kier alpha value is -4.33. The molecule has 0 spiro atoms. The van der Waals surface area contributed by atoms with Gasteiger partial charge in [0.1, 0.15) is 11.8 Å². The smallest absolute Gasteiger partial charge is 0.328 e. The first-order chi connectivity index (χ1) is 16.4. The second-order valence-corrected chi connectivity index (χ2v) is 7.89. The van der Waals surface area contributed by atoms with Gasteiger partial charge >= 0.3 is 5.97 Å². The number of rotatable bonds is 8. The standard InChI is InChI=1S/C26H25N3O5/c1-16(26(32)33-2)28-22(30)15-34-21-13-7-12-20-24(21)23-18(25(27)31)10-6-11-19(23)29(20)14-17-8-4-3-5-9-17/h3-13,16H,14-15H2,1-2H3,(H2,27,31)(H,28,30)/t16-/m0/s1. The molecule has 0 aliphatic carbocycles. The number of carbonyl (C=O) groups is 3. The van der Waals surface area contributed by atoms with E-state index in [-0.39, 0.29) is 6.61 Å². The largest absolute Gasteiger partial charge is 0.483 e. The molecule has 3 aromatic carbocycles. The van der Waals surface area contributed by atoms with Crippen LogP contribution in [0.15, 0.2) is 66.7 Å². The van der Waals surface area contributed by atoms with Crippen LogP contribution in [0.25, 0.3) is 21.8 Å². The molecule has 0 fully saturated rings. The molecule has 8 nitrogen and oxygen atoms in total. The molecule has 34 heavy (non-hydrogen) atoms. The highest BCUT2D eigenvalue weighted by atomic mass is 16.5. The van der Waals surface area contributed by atoms with Crippen molar-refractivity contribution in [1.29, 1.82) is 0 Å². The minimum absolute atomic E-state index is 0.315. The maximum absolute atomic E-state index is 12.3. The second kappa shape index (κ2) is 9.66. The summed E-state index contributed by atoms with van der Waals surface area (Å²) in [5.41, 5.74) is 8.83. The lowest BCUT2D eigenvalue weighted by molar-refractivity contribution is -0.144. The Balaban J connectivity index is 1.78. The van der Waals surface area contributed by atoms with Gasteiger partial charge in [0.2, 0.25) is 5.91 Å². The Labute approximate surface area is 196 Å². The van der Waals surface area contributed by atoms with Crippen molar-refractivity contribution in [1.82, 2.24) is 9.88 Å². The third-order valence-electron chi connectivity index (χ3n) is 5.62. The predicted octanol–water partition coefficient (Wildman–Crippen LogP) is 3.00. The van der Waals surface area contributed by atoms with Crippen LogP contribution in [0.3, 0.4) is 0 Å². The number of nitrogens with zero attached hydrogens (tertiary/aromatic N) is 1. The number of primary amides is 1. The number of amides is 2. The van der Waals surface area contributed by atoms with Crippen LogP contribution in [0.5, 0.6) is 5.75 Å². The van der Waals surface area contributed by atoms with Gasteiger partial charge in [0, 0.05) is 17.5 Å². The van der Waals surface area contributed by atoms with Gasteiger partial charge in [-0.25, -0.2) is 4.79 Å². The van der Waals surface area contributed by atoms with Crippen LogP contribution in [-0.2, 0) is 20.9 Å². The molecule has 0 saturated heterocycles. The molecule has 0 radical (unpaired) electrons. The number of methoxy groups -OCH3 is 1. The Kier molecular flexibility index (Phi) is 6.49. The topological polar surface area (TPSA) is 113 Å². The summed E-state index contributed by atoms with van der Waals surface area (Å²) in [5, 5.41) is 3.89. The zero-order valence-electron chi connectivity index (χ0n) is 18.9. The van der Waals surface area contributed by atoms with Gasteiger partial charge in [-0.15, -0.1) is 0 Å². The third-order valence-corrected chi connectivity index (χ3v) is 5.62. The van der Waals surface area contributed by atoms with Gasteiger partial charge < -0.3 is 25.1 Å². The Morgan fingerprint density at radius 2 is 1.62 bits per heavy atom. The fourth-order valence-electron chi connectivity index (χ4n) is 4.08. The van der Waals surface area contributed by atoms with Crippen molar-refractivity contribution < 1.29 is 23.9 Å². The number of fused-ring (bicyclic) bond motifs is 3. The maximum Gasteiger partial charge on any atom is 0.328 e. The average Bonchev–Trinajstić information content (AvgIpc) is 3.16. The van der Waals surface area contributed by atoms with Crippen molar-refractivity contribution in [3.8, 4) is 5.75 Å². The van der Waals surface area contributed by atoms with Gasteiger partial charge in [0.15, 0.2) is 6.61 Å². The molecule has 4 rings (SSSR count). The van der Waals surface area contributed by atoms with Crippen LogP contribution >= 0.6 is 0 Å². The molecule has 3 N–H and O–H groups in total. The first-order valence-electron chi connectivity index (χ1n) is 10.8. The summed E-state index contributed by atoms with van der Waals surface area (Å²) in [6.45, 7) is 1.79. The number of hydrogen-bond acceptors (Lipinski definition) is 5. The fourth-order valence-corrected chi connectivity index (χ4v) is 4.08. The highest BCUT2D eigenvalue weighted by Crippen LogP contribution is 2.38. The molecule has 8 heteroatoms. The molecule has 0 aliphatic heterocycles. The molecule has 0 unspecified atom stereocenters. The van der Waals surface area contributed by atoms with E-state index < -0.39 is 23.8 Å². The SMILES string of the molecule is COC(=O)[C@H](C)NC(=O)COc1cccc2c1c1c(C(N)=O)cccc1n2Cc1ccccc1. The van der Waals surface area contributed by atoms with Crippen LogP contribution in [0, 0.1) is 0 Å². The summed E-state index contributed by atoms with van der Waals surface area (Å²) in [4.78, 5) is 36.2. The van der Waals surface area contributed by atoms with E-state index in [1.54, 1.807) is 18.2 Å². The molecule has 0 bridgehead atoms. The lowest BCUT2D eigenvalue weighted by Gasteiger charge is -2.13. The Bertz CT molecular complexity index is 1380. The van der Waals surface area contributed by atoms with Gasteiger partial charge in [-0.05, 0) is 36.8 Å². The van der Waals surface area contributed by atoms with E-state index in [4.69, 9.17) is 10.5 Å². The Morgan fingerprint density at radius 3 is 2.29 bits per heavy atom. The van der Waals surface area contributed by atoms with Crippen molar-refractivity contribution in [2.24, 2.45) is 5.73 Å². The lowest BCUT2D eigenvalue weighted by atomic mass is 10.1. The quantitative estimate of drug-likeness (QED) is 0.394. The summed E-state index contributed by atoms with van der Waals surface area (Å²) in [7, 11) is 1.25. The highest BCUT2D eigenvalue weighted by molar-refractivity contribution is 6.19. The zero-order valence-corrected chi connectivity index (χ0v) is 18.9. The minimum Gasteiger partial charge on any atom is -0.483 e. The lowest BCUT2D eigenvalue weighted by Crippen LogP contribution is -2.41. The summed E-state index contributed by atoms with van der Waals surface area (Å²) in [5.74, 6) is -1.14. The number of nitrogens with two attached hydrogens (primary N) is 1. The first-order valence-corrected chi connectivity index (χ1v) is 10.8. The van der Waals surface area contributed by atoms with Crippen LogP contribution < -0.4 is 15.8 Å². The molecule has 0 aliphatic rings. The zero-order chi connectivity index (χ0) is 24.2. The van der Waals surface area contributed by atoms with E-state index in [1.807, 2.05) is 48.5 Å². The van der Waals surface area contributed by atoms with Crippen molar-refractivity contribution in [2.45, 2.75) is 19.5 Å². The number of benzene rings is 3. The van der Waals surface area contributed by atoms with Crippen molar-refractivity contribution in [3.05, 3.63) is 77.9 Å². The van der Waals surface area contributed by atoms with E-state index >= 15 is 0 Å². The molecule has 1 aromatic heterocycles. The molecule has 4 aromatic rings. The summed E-state index contributed by atoms with van der Waals surface area (Å²) < 4.78 is 12.6. The van der Waals surface area contributed by atoms with E-state index in [9.17, 15) is 14.4 Å². The summed E-state index contributed by atoms with van der Waals surface area (Å²) >= 11 is 0. The van der Waals surface area contributed by atoms with E-state index in [1.165, 1.54) is 14.0 Å². The first kappa shape index (κ1) is 22.8. The van der Waals surface area contributed by atoms with Crippen molar-refractivity contribution in [3.63, 3.8) is 0 Å². The van der Waals surface area contributed by atoms with Crippen LogP contribution in [0.4, 0.5) is 0 Å². The van der Waals surface area contributed by atoms with Crippen molar-refractivity contribution in [2.75, 3.05) is 13.7 Å². The van der Waals surface area contributed by atoms with Gasteiger partial charge in [-0.3, -0.25) is 9.59 Å². The predicted molar refractivity (Wildman–Crippen MR) is 129 cm³/mol. The normalized spacial score (nSPS) is 11.8. The molecule has 174 valence electrons. The number of aromatic nitrogens is 1. The molecule has 1 heterocycles. The number of esters is 1. The van der Waals surface area contributed by atoms with Gasteiger partial charge in [-0.2, -0.15) is 0 Å². The van der Waals surface area contributed by atoms with Gasteiger partial charge in [0.25, 0.3) is 5.91 Å². The van der Waals surface area contributed by atoms with E-state index in [0.29, 0.717) is 28.6 Å². The molecular weight excluding hydrogens is 434 g/mol. The minimum atomic E-state index is -0.800. The highest BCUT2D eigenvalue weighted by Gasteiger charge is 2.21.